The van der Waals surface area contributed by atoms with Crippen molar-refractivity contribution in [3.8, 4) is 0 Å². The maximum absolute atomic E-state index is 13.4. The Morgan fingerprint density at radius 1 is 1.29 bits per heavy atom. The fraction of sp³-hybridized carbons (Fsp3) is 0.357. The van der Waals surface area contributed by atoms with Gasteiger partial charge >= 0.3 is 0 Å². The summed E-state index contributed by atoms with van der Waals surface area (Å²) in [6, 6.07) is 1.52. The summed E-state index contributed by atoms with van der Waals surface area (Å²) in [7, 11) is 3.62. The minimum absolute atomic E-state index is 0.144. The van der Waals surface area contributed by atoms with Crippen molar-refractivity contribution >= 4 is 0 Å². The maximum Gasteiger partial charge on any atom is 0.194 e. The molecule has 114 valence electrons. The minimum atomic E-state index is -1.47. The number of benzene rings is 1. The Bertz CT molecular complexity index is 603. The molecule has 2 aromatic rings. The third-order valence-corrected chi connectivity index (χ3v) is 3.46. The smallest absolute Gasteiger partial charge is 0.194 e. The zero-order valence-corrected chi connectivity index (χ0v) is 11.9. The molecule has 1 aromatic heterocycles. The lowest BCUT2D eigenvalue weighted by atomic mass is 10.0. The molecule has 0 spiro atoms. The first-order valence-electron chi connectivity index (χ1n) is 6.45. The van der Waals surface area contributed by atoms with Gasteiger partial charge < -0.3 is 10.3 Å². The molecule has 1 heterocycles. The van der Waals surface area contributed by atoms with Crippen LogP contribution in [0.1, 0.15) is 17.4 Å². The monoisotopic (exact) mass is 298 g/mol. The number of aromatic nitrogens is 2. The molecule has 0 bridgehead atoms. The fourth-order valence-electron chi connectivity index (χ4n) is 2.22. The quantitative estimate of drug-likeness (QED) is 0.859. The largest absolute Gasteiger partial charge is 0.337 e. The van der Waals surface area contributed by atoms with Gasteiger partial charge in [0.15, 0.2) is 17.5 Å². The Labute approximate surface area is 121 Å². The summed E-state index contributed by atoms with van der Waals surface area (Å²) in [5, 5.41) is 0. The molecule has 4 nitrogen and oxygen atoms in total. The van der Waals surface area contributed by atoms with E-state index in [4.69, 9.17) is 5.73 Å². The summed E-state index contributed by atoms with van der Waals surface area (Å²) in [4.78, 5) is 6.00. The minimum Gasteiger partial charge on any atom is -0.337 e. The summed E-state index contributed by atoms with van der Waals surface area (Å²) < 4.78 is 41.6. The topological polar surface area (TPSA) is 47.1 Å². The Balaban J connectivity index is 2.25. The summed E-state index contributed by atoms with van der Waals surface area (Å²) >= 11 is 0. The van der Waals surface area contributed by atoms with E-state index in [1.54, 1.807) is 19.4 Å². The predicted molar refractivity (Wildman–Crippen MR) is 72.8 cm³/mol. The molecule has 21 heavy (non-hydrogen) atoms. The van der Waals surface area contributed by atoms with Crippen LogP contribution in [0.2, 0.25) is 0 Å². The van der Waals surface area contributed by atoms with Crippen molar-refractivity contribution in [3.63, 3.8) is 0 Å². The highest BCUT2D eigenvalue weighted by Gasteiger charge is 2.21. The molecule has 2 N–H and O–H groups in total. The second-order valence-corrected chi connectivity index (χ2v) is 4.92. The highest BCUT2D eigenvalue weighted by atomic mass is 19.2. The van der Waals surface area contributed by atoms with Gasteiger partial charge in [-0.3, -0.25) is 4.90 Å². The van der Waals surface area contributed by atoms with E-state index in [0.29, 0.717) is 12.1 Å². The lowest BCUT2D eigenvalue weighted by Gasteiger charge is -2.27. The van der Waals surface area contributed by atoms with Gasteiger partial charge in [0.2, 0.25) is 0 Å². The molecular formula is C14H17F3N4. The standard InChI is InChI=1S/C14H17F3N4/c1-20-4-3-19-13(20)8-21(2)12(7-18)9-5-10(15)14(17)11(16)6-9/h3-6,12H,7-8,18H2,1-2H3. The van der Waals surface area contributed by atoms with E-state index >= 15 is 0 Å². The maximum atomic E-state index is 13.4. The van der Waals surface area contributed by atoms with Crippen LogP contribution < -0.4 is 5.73 Å². The number of nitrogens with zero attached hydrogens (tertiary/aromatic N) is 3. The second-order valence-electron chi connectivity index (χ2n) is 4.92. The van der Waals surface area contributed by atoms with Gasteiger partial charge in [-0.1, -0.05) is 0 Å². The Morgan fingerprint density at radius 2 is 1.90 bits per heavy atom. The number of nitrogens with two attached hydrogens (primary N) is 1. The molecule has 7 heteroatoms. The first-order chi connectivity index (χ1) is 9.93. The van der Waals surface area contributed by atoms with Crippen LogP contribution in [-0.4, -0.2) is 28.0 Å². The van der Waals surface area contributed by atoms with Gasteiger partial charge in [0, 0.05) is 32.0 Å². The fourth-order valence-corrected chi connectivity index (χ4v) is 2.22. The van der Waals surface area contributed by atoms with Gasteiger partial charge in [0.25, 0.3) is 0 Å². The van der Waals surface area contributed by atoms with E-state index in [2.05, 4.69) is 4.98 Å². The molecule has 0 saturated heterocycles. The third kappa shape index (κ3) is 3.25. The number of hydrogen-bond acceptors (Lipinski definition) is 3. The van der Waals surface area contributed by atoms with Crippen molar-refractivity contribution in [3.05, 3.63) is 53.4 Å². The molecule has 0 aliphatic heterocycles. The summed E-state index contributed by atoms with van der Waals surface area (Å²) in [5.41, 5.74) is 6.00. The third-order valence-electron chi connectivity index (χ3n) is 3.46. The number of halogens is 3. The lowest BCUT2D eigenvalue weighted by molar-refractivity contribution is 0.232. The first kappa shape index (κ1) is 15.5. The van der Waals surface area contributed by atoms with Crippen LogP contribution >= 0.6 is 0 Å². The molecule has 1 unspecified atom stereocenters. The van der Waals surface area contributed by atoms with Crippen molar-refractivity contribution in [2.45, 2.75) is 12.6 Å². The van der Waals surface area contributed by atoms with Gasteiger partial charge in [0.1, 0.15) is 5.82 Å². The van der Waals surface area contributed by atoms with Gasteiger partial charge in [-0.2, -0.15) is 0 Å². The molecule has 1 atom stereocenters. The van der Waals surface area contributed by atoms with Crippen molar-refractivity contribution < 1.29 is 13.2 Å². The Morgan fingerprint density at radius 3 is 2.38 bits per heavy atom. The molecule has 0 aliphatic rings. The van der Waals surface area contributed by atoms with Gasteiger partial charge in [-0.05, 0) is 24.7 Å². The van der Waals surface area contributed by atoms with E-state index in [0.717, 1.165) is 18.0 Å². The van der Waals surface area contributed by atoms with Crippen LogP contribution in [0.3, 0.4) is 0 Å². The molecule has 0 amide bonds. The zero-order valence-electron chi connectivity index (χ0n) is 11.9. The molecule has 0 saturated carbocycles. The van der Waals surface area contributed by atoms with E-state index in [1.165, 1.54) is 0 Å². The summed E-state index contributed by atoms with van der Waals surface area (Å²) in [6.45, 7) is 0.595. The SMILES string of the molecule is CN(Cc1nccn1C)C(CN)c1cc(F)c(F)c(F)c1. The number of hydrogen-bond donors (Lipinski definition) is 1. The number of aryl methyl sites for hydroxylation is 1. The average Bonchev–Trinajstić information content (AvgIpc) is 2.82. The van der Waals surface area contributed by atoms with Crippen molar-refractivity contribution in [1.82, 2.24) is 14.5 Å². The highest BCUT2D eigenvalue weighted by Crippen LogP contribution is 2.23. The van der Waals surface area contributed by atoms with E-state index in [1.807, 2.05) is 16.5 Å². The normalized spacial score (nSPS) is 12.9. The van der Waals surface area contributed by atoms with E-state index < -0.39 is 23.5 Å². The number of imidazole rings is 1. The van der Waals surface area contributed by atoms with E-state index in [9.17, 15) is 13.2 Å². The molecular weight excluding hydrogens is 281 g/mol. The van der Waals surface area contributed by atoms with Gasteiger partial charge in [-0.25, -0.2) is 18.2 Å². The number of rotatable bonds is 5. The number of likely N-dealkylation sites (N-methyl/N-ethyl adjacent to an activating group) is 1. The van der Waals surface area contributed by atoms with Crippen LogP contribution in [0, 0.1) is 17.5 Å². The molecule has 0 aliphatic carbocycles. The highest BCUT2D eigenvalue weighted by molar-refractivity contribution is 5.23. The van der Waals surface area contributed by atoms with Crippen LogP contribution in [0.15, 0.2) is 24.5 Å². The molecule has 0 radical (unpaired) electrons. The van der Waals surface area contributed by atoms with Crippen molar-refractivity contribution in [1.29, 1.82) is 0 Å². The zero-order chi connectivity index (χ0) is 15.6. The summed E-state index contributed by atoms with van der Waals surface area (Å²) in [6.07, 6.45) is 3.47. The van der Waals surface area contributed by atoms with E-state index in [-0.39, 0.29) is 6.54 Å². The van der Waals surface area contributed by atoms with Crippen molar-refractivity contribution in [2.75, 3.05) is 13.6 Å². The van der Waals surface area contributed by atoms with Gasteiger partial charge in [-0.15, -0.1) is 0 Å². The molecule has 0 fully saturated rings. The van der Waals surface area contributed by atoms with Crippen LogP contribution in [0.5, 0.6) is 0 Å². The van der Waals surface area contributed by atoms with Crippen LogP contribution in [0.25, 0.3) is 0 Å². The average molecular weight is 298 g/mol. The van der Waals surface area contributed by atoms with Gasteiger partial charge in [0.05, 0.1) is 6.54 Å². The molecule has 1 aromatic carbocycles. The van der Waals surface area contributed by atoms with Crippen molar-refractivity contribution in [2.24, 2.45) is 12.8 Å². The molecule has 2 rings (SSSR count). The lowest BCUT2D eigenvalue weighted by Crippen LogP contribution is -2.31. The second kappa shape index (κ2) is 6.28. The van der Waals surface area contributed by atoms with Crippen LogP contribution in [0.4, 0.5) is 13.2 Å². The summed E-state index contributed by atoms with van der Waals surface area (Å²) in [5.74, 6) is -3.11. The first-order valence-corrected chi connectivity index (χ1v) is 6.45. The Hall–Kier alpha value is -1.86. The Kier molecular flexibility index (Phi) is 4.64. The van der Waals surface area contributed by atoms with Crippen LogP contribution in [-0.2, 0) is 13.6 Å². The predicted octanol–water partition coefficient (Wildman–Crippen LogP) is 1.97.